The number of rotatable bonds is 10. The Morgan fingerprint density at radius 2 is 0.917 bits per heavy atom. The molecular formula is C41H36N2O4Pt. The van der Waals surface area contributed by atoms with Gasteiger partial charge < -0.3 is 18.9 Å². The summed E-state index contributed by atoms with van der Waals surface area (Å²) in [5, 5.41) is 0. The minimum Gasteiger partial charge on any atom is -0.497 e. The Bertz CT molecular complexity index is 1830. The van der Waals surface area contributed by atoms with Crippen LogP contribution in [0.15, 0.2) is 109 Å². The molecule has 2 aromatic heterocycles. The summed E-state index contributed by atoms with van der Waals surface area (Å²) in [6, 6.07) is 42.3. The molecular weight excluding hydrogens is 780 g/mol. The summed E-state index contributed by atoms with van der Waals surface area (Å²) >= 11 is 0. The van der Waals surface area contributed by atoms with Crippen LogP contribution < -0.4 is 18.9 Å². The molecule has 0 atom stereocenters. The van der Waals surface area contributed by atoms with Crippen molar-refractivity contribution in [2.45, 2.75) is 19.3 Å². The average Bonchev–Trinajstić information content (AvgIpc) is 3.14. The van der Waals surface area contributed by atoms with E-state index in [0.717, 1.165) is 67.7 Å². The van der Waals surface area contributed by atoms with Gasteiger partial charge in [0.1, 0.15) is 23.0 Å². The van der Waals surface area contributed by atoms with Gasteiger partial charge in [0.05, 0.1) is 28.4 Å². The second-order valence-corrected chi connectivity index (χ2v) is 11.5. The summed E-state index contributed by atoms with van der Waals surface area (Å²) < 4.78 is 23.0. The molecule has 0 saturated heterocycles. The first-order valence-electron chi connectivity index (χ1n) is 15.3. The number of nitrogens with zero attached hydrogens (tertiary/aromatic N) is 2. The maximum absolute atomic E-state index is 6.08. The zero-order chi connectivity index (χ0) is 33.0. The van der Waals surface area contributed by atoms with Crippen molar-refractivity contribution in [2.75, 3.05) is 28.4 Å². The fourth-order valence-corrected chi connectivity index (χ4v) is 5.68. The third kappa shape index (κ3) is 6.72. The smallest absolute Gasteiger partial charge is 0.497 e. The maximum atomic E-state index is 6.08. The molecule has 2 heterocycles. The van der Waals surface area contributed by atoms with Crippen molar-refractivity contribution >= 4 is 0 Å². The molecule has 6 rings (SSSR count). The van der Waals surface area contributed by atoms with Crippen LogP contribution in [0, 0.1) is 12.1 Å². The summed E-state index contributed by atoms with van der Waals surface area (Å²) in [5.74, 6) is 2.93. The van der Waals surface area contributed by atoms with E-state index in [-0.39, 0.29) is 21.1 Å². The van der Waals surface area contributed by atoms with Crippen LogP contribution in [-0.2, 0) is 26.5 Å². The molecule has 4 aromatic carbocycles. The third-order valence-corrected chi connectivity index (χ3v) is 8.37. The van der Waals surface area contributed by atoms with E-state index in [0.29, 0.717) is 11.5 Å². The zero-order valence-electron chi connectivity index (χ0n) is 27.7. The van der Waals surface area contributed by atoms with Gasteiger partial charge in [-0.2, -0.15) is 0 Å². The topological polar surface area (TPSA) is 62.7 Å². The molecule has 0 unspecified atom stereocenters. The Kier molecular flexibility index (Phi) is 10.7. The minimum absolute atomic E-state index is 0. The van der Waals surface area contributed by atoms with Crippen LogP contribution in [0.2, 0.25) is 0 Å². The molecule has 7 heteroatoms. The summed E-state index contributed by atoms with van der Waals surface area (Å²) in [6.45, 7) is 4.24. The normalized spacial score (nSPS) is 11.0. The van der Waals surface area contributed by atoms with Gasteiger partial charge in [-0.15, -0.1) is 71.8 Å². The molecule has 48 heavy (non-hydrogen) atoms. The number of hydrogen-bond donors (Lipinski definition) is 0. The zero-order valence-corrected chi connectivity index (χ0v) is 30.0. The van der Waals surface area contributed by atoms with Gasteiger partial charge in [-0.3, -0.25) is 9.97 Å². The second kappa shape index (κ2) is 14.9. The third-order valence-electron chi connectivity index (χ3n) is 8.37. The van der Waals surface area contributed by atoms with Gasteiger partial charge in [0.15, 0.2) is 0 Å². The summed E-state index contributed by atoms with van der Waals surface area (Å²) in [7, 11) is 6.69. The van der Waals surface area contributed by atoms with E-state index >= 15 is 0 Å². The molecule has 0 amide bonds. The Balaban J connectivity index is 0.00000451. The van der Waals surface area contributed by atoms with Crippen molar-refractivity contribution in [3.05, 3.63) is 133 Å². The first kappa shape index (κ1) is 34.4. The van der Waals surface area contributed by atoms with E-state index in [4.69, 9.17) is 28.9 Å². The molecule has 0 spiro atoms. The van der Waals surface area contributed by atoms with Gasteiger partial charge >= 0.3 is 21.1 Å². The summed E-state index contributed by atoms with van der Waals surface area (Å²) in [4.78, 5) is 10.7. The molecule has 6 nitrogen and oxygen atoms in total. The SMILES string of the molecule is COc1ccc(-c2c(OC)cc(C(C)(C)c3cc(OC)c(-c4ccc(OC)cc4)c(-c4[c-]cccc4)n3)nc2-c2[c-]cccc2)cc1.[Pt+2]. The van der Waals surface area contributed by atoms with E-state index in [1.54, 1.807) is 28.4 Å². The van der Waals surface area contributed by atoms with E-state index < -0.39 is 5.41 Å². The fraction of sp³-hybridized carbons (Fsp3) is 0.171. The second-order valence-electron chi connectivity index (χ2n) is 11.5. The Labute approximate surface area is 297 Å². The summed E-state index contributed by atoms with van der Waals surface area (Å²) in [5.41, 5.74) is 7.78. The fourth-order valence-electron chi connectivity index (χ4n) is 5.68. The van der Waals surface area contributed by atoms with E-state index in [9.17, 15) is 0 Å². The standard InChI is InChI=1S/C41H36N2O4.Pt/c1-41(2,35-25-33(46-5)37(27-17-21-31(44-3)22-18-27)39(42-35)29-13-9-7-10-14-29)36-26-34(47-6)38(28-19-23-32(45-4)24-20-28)40(43-36)30-15-11-8-12-16-30;/h7-13,15,17-26H,1-6H3;/q-2;+2. The number of benzene rings is 4. The largest absolute Gasteiger partial charge is 2.00 e. The van der Waals surface area contributed by atoms with Crippen LogP contribution in [0.4, 0.5) is 0 Å². The van der Waals surface area contributed by atoms with Crippen LogP contribution in [-0.4, -0.2) is 38.4 Å². The van der Waals surface area contributed by atoms with Crippen LogP contribution in [0.25, 0.3) is 44.8 Å². The average molecular weight is 816 g/mol. The molecule has 0 bridgehead atoms. The Morgan fingerprint density at radius 3 is 1.23 bits per heavy atom. The quantitative estimate of drug-likeness (QED) is 0.129. The van der Waals surface area contributed by atoms with Crippen LogP contribution >= 0.6 is 0 Å². The van der Waals surface area contributed by atoms with Gasteiger partial charge in [0.25, 0.3) is 0 Å². The number of aromatic nitrogens is 2. The van der Waals surface area contributed by atoms with Gasteiger partial charge in [-0.25, -0.2) is 0 Å². The van der Waals surface area contributed by atoms with Crippen molar-refractivity contribution in [3.8, 4) is 67.8 Å². The van der Waals surface area contributed by atoms with Crippen molar-refractivity contribution < 1.29 is 40.0 Å². The molecule has 244 valence electrons. The van der Waals surface area contributed by atoms with E-state index in [2.05, 4.69) is 26.0 Å². The van der Waals surface area contributed by atoms with Crippen LogP contribution in [0.5, 0.6) is 23.0 Å². The van der Waals surface area contributed by atoms with E-state index in [1.165, 1.54) is 0 Å². The van der Waals surface area contributed by atoms with Crippen molar-refractivity contribution in [2.24, 2.45) is 0 Å². The van der Waals surface area contributed by atoms with Crippen LogP contribution in [0.3, 0.4) is 0 Å². The first-order chi connectivity index (χ1) is 22.9. The Morgan fingerprint density at radius 1 is 0.521 bits per heavy atom. The minimum atomic E-state index is -0.676. The van der Waals surface area contributed by atoms with Crippen LogP contribution in [0.1, 0.15) is 25.2 Å². The molecule has 0 aliphatic heterocycles. The van der Waals surface area contributed by atoms with Crippen molar-refractivity contribution in [1.82, 2.24) is 9.97 Å². The van der Waals surface area contributed by atoms with E-state index in [1.807, 2.05) is 109 Å². The first-order valence-corrected chi connectivity index (χ1v) is 15.3. The molecule has 0 fully saturated rings. The van der Waals surface area contributed by atoms with Gasteiger partial charge in [0.2, 0.25) is 0 Å². The number of ether oxygens (including phenoxy) is 4. The number of pyridine rings is 2. The number of hydrogen-bond acceptors (Lipinski definition) is 6. The predicted octanol–water partition coefficient (Wildman–Crippen LogP) is 9.10. The Hall–Kier alpha value is -4.93. The van der Waals surface area contributed by atoms with Gasteiger partial charge in [-0.1, -0.05) is 24.3 Å². The number of methoxy groups -OCH3 is 4. The summed E-state index contributed by atoms with van der Waals surface area (Å²) in [6.07, 6.45) is 0. The van der Waals surface area contributed by atoms with Gasteiger partial charge in [-0.05, 0) is 60.6 Å². The monoisotopic (exact) mass is 815 g/mol. The molecule has 0 radical (unpaired) electrons. The molecule has 0 aliphatic rings. The molecule has 0 aliphatic carbocycles. The van der Waals surface area contributed by atoms with Gasteiger partial charge in [0, 0.05) is 40.1 Å². The maximum Gasteiger partial charge on any atom is 2.00 e. The predicted molar refractivity (Wildman–Crippen MR) is 186 cm³/mol. The molecule has 0 N–H and O–H groups in total. The van der Waals surface area contributed by atoms with Crippen molar-refractivity contribution in [3.63, 3.8) is 0 Å². The van der Waals surface area contributed by atoms with Crippen molar-refractivity contribution in [1.29, 1.82) is 0 Å². The molecule has 6 aromatic rings. The molecule has 0 saturated carbocycles.